The first kappa shape index (κ1) is 20.3. The van der Waals surface area contributed by atoms with Crippen LogP contribution in [0.25, 0.3) is 0 Å². The molecule has 0 fully saturated rings. The summed E-state index contributed by atoms with van der Waals surface area (Å²) in [5.74, 6) is 0.680. The number of para-hydroxylation sites is 1. The van der Waals surface area contributed by atoms with Crippen molar-refractivity contribution in [2.75, 3.05) is 0 Å². The SMILES string of the molecule is CCC(C)(Pc1ccccc1/C=N/c1ccccc1)C1CC(I)=CC=C1O. The van der Waals surface area contributed by atoms with E-state index in [1.165, 1.54) is 8.88 Å². The van der Waals surface area contributed by atoms with Crippen molar-refractivity contribution in [2.45, 2.75) is 31.8 Å². The van der Waals surface area contributed by atoms with E-state index in [9.17, 15) is 5.11 Å². The Bertz CT molecular complexity index is 875. The van der Waals surface area contributed by atoms with Gasteiger partial charge in [0.2, 0.25) is 0 Å². The quantitative estimate of drug-likeness (QED) is 0.274. The Hall–Kier alpha value is -1.45. The Labute approximate surface area is 177 Å². The Morgan fingerprint density at radius 1 is 1.15 bits per heavy atom. The lowest BCUT2D eigenvalue weighted by atomic mass is 9.84. The highest BCUT2D eigenvalue weighted by molar-refractivity contribution is 14.1. The summed E-state index contributed by atoms with van der Waals surface area (Å²) in [7, 11) is 0.599. The highest BCUT2D eigenvalue weighted by Crippen LogP contribution is 2.48. The average molecular weight is 489 g/mol. The third-order valence-corrected chi connectivity index (χ3v) is 7.98. The van der Waals surface area contributed by atoms with Crippen LogP contribution < -0.4 is 5.30 Å². The maximum Gasteiger partial charge on any atom is 0.0966 e. The molecule has 0 aromatic heterocycles. The monoisotopic (exact) mass is 489 g/mol. The fourth-order valence-corrected chi connectivity index (χ4v) is 5.63. The van der Waals surface area contributed by atoms with Gasteiger partial charge in [-0.1, -0.05) is 64.9 Å². The van der Waals surface area contributed by atoms with Gasteiger partial charge in [-0.25, -0.2) is 0 Å². The van der Waals surface area contributed by atoms with Crippen molar-refractivity contribution in [3.05, 3.63) is 81.7 Å². The molecule has 0 saturated heterocycles. The number of aliphatic hydroxyl groups is 1. The van der Waals surface area contributed by atoms with Crippen molar-refractivity contribution in [3.63, 3.8) is 0 Å². The van der Waals surface area contributed by atoms with Gasteiger partial charge in [0.05, 0.1) is 11.4 Å². The van der Waals surface area contributed by atoms with Crippen molar-refractivity contribution in [1.29, 1.82) is 0 Å². The molecule has 3 rings (SSSR count). The minimum absolute atomic E-state index is 0.0158. The highest BCUT2D eigenvalue weighted by atomic mass is 127. The van der Waals surface area contributed by atoms with Crippen LogP contribution in [0, 0.1) is 5.92 Å². The van der Waals surface area contributed by atoms with Crippen LogP contribution in [-0.4, -0.2) is 16.5 Å². The molecule has 2 nitrogen and oxygen atoms in total. The molecule has 2 aromatic rings. The third kappa shape index (κ3) is 5.08. The molecule has 4 heteroatoms. The molecular weight excluding hydrogens is 464 g/mol. The van der Waals surface area contributed by atoms with Crippen molar-refractivity contribution in [3.8, 4) is 0 Å². The summed E-state index contributed by atoms with van der Waals surface area (Å²) in [6.07, 6.45) is 7.79. The standard InChI is InChI=1S/C23H25INOP/c1-3-23(2,20-15-18(24)13-14-21(20)26)27-22-12-8-7-9-17(22)16-25-19-10-5-4-6-11-19/h4-14,16,20,26-27H,3,15H2,1-2H3/b25-16+. The maximum absolute atomic E-state index is 10.5. The summed E-state index contributed by atoms with van der Waals surface area (Å²) in [5, 5.41) is 11.9. The van der Waals surface area contributed by atoms with E-state index in [1.54, 1.807) is 0 Å². The number of nitrogens with zero attached hydrogens (tertiary/aromatic N) is 1. The van der Waals surface area contributed by atoms with Crippen LogP contribution in [0.5, 0.6) is 0 Å². The molecule has 1 N–H and O–H groups in total. The number of hydrogen-bond acceptors (Lipinski definition) is 2. The van der Waals surface area contributed by atoms with Crippen molar-refractivity contribution in [2.24, 2.45) is 10.9 Å². The second-order valence-corrected chi connectivity index (χ2v) is 10.4. The molecule has 0 amide bonds. The number of hydrogen-bond donors (Lipinski definition) is 1. The van der Waals surface area contributed by atoms with E-state index in [0.717, 1.165) is 24.1 Å². The van der Waals surface area contributed by atoms with Crippen LogP contribution in [0.15, 0.2) is 81.1 Å². The van der Waals surface area contributed by atoms with E-state index in [1.807, 2.05) is 48.7 Å². The number of halogens is 1. The number of rotatable bonds is 6. The maximum atomic E-state index is 10.5. The topological polar surface area (TPSA) is 32.6 Å². The Balaban J connectivity index is 1.87. The van der Waals surface area contributed by atoms with E-state index in [-0.39, 0.29) is 11.1 Å². The summed E-state index contributed by atoms with van der Waals surface area (Å²) in [5.41, 5.74) is 2.12. The minimum atomic E-state index is 0.0158. The van der Waals surface area contributed by atoms with E-state index in [4.69, 9.17) is 0 Å². The molecule has 0 heterocycles. The molecule has 2 aromatic carbocycles. The van der Waals surface area contributed by atoms with Crippen LogP contribution >= 0.6 is 31.2 Å². The zero-order valence-corrected chi connectivity index (χ0v) is 18.8. The fourth-order valence-electron chi connectivity index (χ4n) is 3.32. The highest BCUT2D eigenvalue weighted by Gasteiger charge is 2.37. The second-order valence-electron chi connectivity index (χ2n) is 7.04. The largest absolute Gasteiger partial charge is 0.512 e. The van der Waals surface area contributed by atoms with Crippen molar-refractivity contribution >= 4 is 48.4 Å². The number of benzene rings is 2. The van der Waals surface area contributed by atoms with Gasteiger partial charge < -0.3 is 5.11 Å². The fraction of sp³-hybridized carbons (Fsp3) is 0.261. The number of allylic oxidation sites excluding steroid dienone is 4. The van der Waals surface area contributed by atoms with Gasteiger partial charge in [-0.15, -0.1) is 0 Å². The summed E-state index contributed by atoms with van der Waals surface area (Å²) in [6, 6.07) is 18.5. The molecule has 0 spiro atoms. The van der Waals surface area contributed by atoms with Gasteiger partial charge >= 0.3 is 0 Å². The molecule has 0 bridgehead atoms. The van der Waals surface area contributed by atoms with Gasteiger partial charge in [-0.05, 0) is 73.8 Å². The molecule has 1 aliphatic carbocycles. The third-order valence-electron chi connectivity index (χ3n) is 5.18. The lowest BCUT2D eigenvalue weighted by Gasteiger charge is -2.38. The first-order chi connectivity index (χ1) is 13.0. The van der Waals surface area contributed by atoms with Crippen LogP contribution in [0.1, 0.15) is 32.3 Å². The Morgan fingerprint density at radius 2 is 1.85 bits per heavy atom. The van der Waals surface area contributed by atoms with E-state index >= 15 is 0 Å². The Kier molecular flexibility index (Phi) is 6.88. The molecule has 140 valence electrons. The Morgan fingerprint density at radius 3 is 2.59 bits per heavy atom. The normalized spacial score (nSPS) is 19.9. The van der Waals surface area contributed by atoms with Gasteiger partial charge in [-0.3, -0.25) is 4.99 Å². The average Bonchev–Trinajstić information content (AvgIpc) is 2.70. The first-order valence-electron chi connectivity index (χ1n) is 9.23. The van der Waals surface area contributed by atoms with Gasteiger partial charge in [-0.2, -0.15) is 0 Å². The second kappa shape index (κ2) is 9.16. The van der Waals surface area contributed by atoms with E-state index < -0.39 is 0 Å². The molecule has 0 saturated carbocycles. The molecule has 0 radical (unpaired) electrons. The van der Waals surface area contributed by atoms with Gasteiger partial charge in [0.25, 0.3) is 0 Å². The number of aliphatic imine (C=N–C) groups is 1. The number of aliphatic hydroxyl groups excluding tert-OH is 1. The smallest absolute Gasteiger partial charge is 0.0966 e. The van der Waals surface area contributed by atoms with E-state index in [2.05, 4.69) is 65.7 Å². The van der Waals surface area contributed by atoms with Gasteiger partial charge in [0.1, 0.15) is 0 Å². The lowest BCUT2D eigenvalue weighted by Crippen LogP contribution is -2.34. The first-order valence-corrected chi connectivity index (χ1v) is 11.3. The molecular formula is C23H25INOP. The van der Waals surface area contributed by atoms with Crippen LogP contribution in [-0.2, 0) is 0 Å². The predicted molar refractivity (Wildman–Crippen MR) is 128 cm³/mol. The van der Waals surface area contributed by atoms with Crippen LogP contribution in [0.4, 0.5) is 5.69 Å². The van der Waals surface area contributed by atoms with Crippen molar-refractivity contribution < 1.29 is 5.11 Å². The lowest BCUT2D eigenvalue weighted by molar-refractivity contribution is 0.283. The van der Waals surface area contributed by atoms with Gasteiger partial charge in [0, 0.05) is 17.7 Å². The predicted octanol–water partition coefficient (Wildman–Crippen LogP) is 6.69. The molecule has 1 aliphatic rings. The van der Waals surface area contributed by atoms with Crippen LogP contribution in [0.3, 0.4) is 0 Å². The zero-order valence-electron chi connectivity index (χ0n) is 15.7. The summed E-state index contributed by atoms with van der Waals surface area (Å²) < 4.78 is 1.30. The molecule has 27 heavy (non-hydrogen) atoms. The molecule has 3 unspecified atom stereocenters. The molecule has 0 aliphatic heterocycles. The summed E-state index contributed by atoms with van der Waals surface area (Å²) >= 11 is 2.38. The van der Waals surface area contributed by atoms with E-state index in [0.29, 0.717) is 14.3 Å². The summed E-state index contributed by atoms with van der Waals surface area (Å²) in [4.78, 5) is 4.64. The minimum Gasteiger partial charge on any atom is -0.512 e. The zero-order chi connectivity index (χ0) is 19.3. The van der Waals surface area contributed by atoms with Crippen molar-refractivity contribution in [1.82, 2.24) is 0 Å². The molecule has 3 atom stereocenters. The van der Waals surface area contributed by atoms with Crippen LogP contribution in [0.2, 0.25) is 0 Å². The van der Waals surface area contributed by atoms with Gasteiger partial charge in [0.15, 0.2) is 0 Å². The summed E-state index contributed by atoms with van der Waals surface area (Å²) in [6.45, 7) is 4.53.